The largest absolute Gasteiger partial charge is 1.00 e. The Balaban J connectivity index is -0.000000245. The number of ether oxygens (including phenoxy) is 1. The van der Waals surface area contributed by atoms with E-state index in [1.807, 2.05) is 26.8 Å². The zero-order chi connectivity index (χ0) is 6.62. The Kier molecular flexibility index (Phi) is 7.09. The zero-order valence-electron chi connectivity index (χ0n) is 7.56. The van der Waals surface area contributed by atoms with E-state index in [0.717, 1.165) is 0 Å². The van der Waals surface area contributed by atoms with Crippen molar-refractivity contribution in [3.8, 4) is 6.07 Å². The van der Waals surface area contributed by atoms with Crippen molar-refractivity contribution in [1.82, 2.24) is 0 Å². The molecule has 0 aliphatic rings. The Bertz CT molecular complexity index is 105. The van der Waals surface area contributed by atoms with Gasteiger partial charge < -0.3 is 6.16 Å². The van der Waals surface area contributed by atoms with E-state index >= 15 is 0 Å². The fourth-order valence-corrected chi connectivity index (χ4v) is 0.249. The van der Waals surface area contributed by atoms with Gasteiger partial charge in [-0.1, -0.05) is 0 Å². The van der Waals surface area contributed by atoms with Gasteiger partial charge in [-0.15, -0.1) is 0 Å². The van der Waals surface area contributed by atoms with E-state index in [1.54, 1.807) is 0 Å². The van der Waals surface area contributed by atoms with Gasteiger partial charge in [0.05, 0.1) is 11.7 Å². The van der Waals surface area contributed by atoms with Gasteiger partial charge in [-0.2, -0.15) is 5.26 Å². The van der Waals surface area contributed by atoms with Gasteiger partial charge in [0.25, 0.3) is 0 Å². The summed E-state index contributed by atoms with van der Waals surface area (Å²) in [7, 11) is 0. The Morgan fingerprint density at radius 1 is 1.56 bits per heavy atom. The predicted molar refractivity (Wildman–Crippen MR) is 32.4 cm³/mol. The molecule has 0 fully saturated rings. The van der Waals surface area contributed by atoms with E-state index in [9.17, 15) is 0 Å². The first-order valence-corrected chi connectivity index (χ1v) is 2.57. The minimum Gasteiger partial charge on any atom is -1.00 e. The number of nitrogens with zero attached hydrogens (tertiary/aromatic N) is 1. The van der Waals surface area contributed by atoms with Gasteiger partial charge >= 0.3 is 29.6 Å². The van der Waals surface area contributed by atoms with Crippen LogP contribution in [0.2, 0.25) is 0 Å². The summed E-state index contributed by atoms with van der Waals surface area (Å²) in [5, 5.41) is 8.05. The van der Waals surface area contributed by atoms with Crippen molar-refractivity contribution in [1.29, 1.82) is 5.26 Å². The maximum absolute atomic E-state index is 8.05. The molecular formula is C6H12NNaO. The average Bonchev–Trinajstić information content (AvgIpc) is 1.59. The molecule has 0 rings (SSSR count). The molecule has 0 bridgehead atoms. The Hall–Kier alpha value is 0.450. The average molecular weight is 137 g/mol. The topological polar surface area (TPSA) is 33.0 Å². The van der Waals surface area contributed by atoms with Gasteiger partial charge in [-0.05, 0) is 20.8 Å². The van der Waals surface area contributed by atoms with Gasteiger partial charge in [-0.3, -0.25) is 0 Å². The third-order valence-electron chi connectivity index (χ3n) is 0.570. The van der Waals surface area contributed by atoms with E-state index in [2.05, 4.69) is 0 Å². The van der Waals surface area contributed by atoms with Crippen LogP contribution in [-0.4, -0.2) is 12.2 Å². The number of nitriles is 1. The smallest absolute Gasteiger partial charge is 1.00 e. The molecule has 48 valence electrons. The summed E-state index contributed by atoms with van der Waals surface area (Å²) < 4.78 is 5.02. The van der Waals surface area contributed by atoms with Gasteiger partial charge in [0, 0.05) is 0 Å². The Morgan fingerprint density at radius 2 is 2.00 bits per heavy atom. The number of hydrogen-bond acceptors (Lipinski definition) is 2. The van der Waals surface area contributed by atoms with Gasteiger partial charge in [0.15, 0.2) is 0 Å². The van der Waals surface area contributed by atoms with Crippen molar-refractivity contribution in [2.45, 2.75) is 26.4 Å². The minimum atomic E-state index is -0.171. The van der Waals surface area contributed by atoms with Gasteiger partial charge in [0.2, 0.25) is 0 Å². The van der Waals surface area contributed by atoms with Crippen molar-refractivity contribution < 1.29 is 35.7 Å². The molecule has 0 N–H and O–H groups in total. The molecule has 9 heavy (non-hydrogen) atoms. The molecule has 0 saturated heterocycles. The van der Waals surface area contributed by atoms with Crippen LogP contribution in [0.5, 0.6) is 0 Å². The molecule has 0 aliphatic carbocycles. The molecule has 3 heteroatoms. The molecule has 0 radical (unpaired) electrons. The van der Waals surface area contributed by atoms with E-state index in [-0.39, 0.29) is 43.2 Å². The summed E-state index contributed by atoms with van der Waals surface area (Å²) in [5.41, 5.74) is -0.171. The molecule has 2 nitrogen and oxygen atoms in total. The Labute approximate surface area is 80.0 Å². The first kappa shape index (κ1) is 12.2. The first-order chi connectivity index (χ1) is 3.56. The second-order valence-corrected chi connectivity index (χ2v) is 2.56. The fraction of sp³-hybridized carbons (Fsp3) is 0.833. The van der Waals surface area contributed by atoms with Crippen LogP contribution < -0.4 is 29.6 Å². The van der Waals surface area contributed by atoms with Crippen molar-refractivity contribution in [3.63, 3.8) is 0 Å². The molecule has 0 aromatic heterocycles. The summed E-state index contributed by atoms with van der Waals surface area (Å²) in [4.78, 5) is 0. The summed E-state index contributed by atoms with van der Waals surface area (Å²) in [6.45, 7) is 5.95. The second-order valence-electron chi connectivity index (χ2n) is 2.56. The zero-order valence-corrected chi connectivity index (χ0v) is 8.56. The van der Waals surface area contributed by atoms with Crippen molar-refractivity contribution >= 4 is 0 Å². The van der Waals surface area contributed by atoms with Gasteiger partial charge in [-0.25, -0.2) is 0 Å². The fourth-order valence-electron chi connectivity index (χ4n) is 0.249. The van der Waals surface area contributed by atoms with Crippen LogP contribution in [-0.2, 0) is 4.74 Å². The van der Waals surface area contributed by atoms with Crippen LogP contribution in [0.3, 0.4) is 0 Å². The van der Waals surface area contributed by atoms with Crippen molar-refractivity contribution in [3.05, 3.63) is 0 Å². The van der Waals surface area contributed by atoms with E-state index < -0.39 is 0 Å². The summed E-state index contributed by atoms with van der Waals surface area (Å²) in [6.07, 6.45) is 0. The molecule has 0 aromatic rings. The molecule has 0 saturated carbocycles. The quantitative estimate of drug-likeness (QED) is 0.409. The van der Waals surface area contributed by atoms with Crippen LogP contribution in [0.1, 0.15) is 22.2 Å². The summed E-state index contributed by atoms with van der Waals surface area (Å²) in [6, 6.07) is 1.90. The second kappa shape index (κ2) is 5.25. The molecule has 0 heterocycles. The SMILES string of the molecule is CC(C)(C)OCC#N.[H-].[Na+]. The molecule has 0 atom stereocenters. The normalized spacial score (nSPS) is 9.56. The molecule has 0 unspecified atom stereocenters. The maximum atomic E-state index is 8.05. The molecule has 0 spiro atoms. The predicted octanol–water partition coefficient (Wildman–Crippen LogP) is -1.56. The molecule has 0 aliphatic heterocycles. The number of hydrogen-bond donors (Lipinski definition) is 0. The maximum Gasteiger partial charge on any atom is 1.00 e. The summed E-state index contributed by atoms with van der Waals surface area (Å²) in [5.74, 6) is 0. The number of rotatable bonds is 1. The summed E-state index contributed by atoms with van der Waals surface area (Å²) >= 11 is 0. The van der Waals surface area contributed by atoms with Crippen LogP contribution in [0.15, 0.2) is 0 Å². The Morgan fingerprint density at radius 3 is 2.11 bits per heavy atom. The van der Waals surface area contributed by atoms with Crippen molar-refractivity contribution in [2.24, 2.45) is 0 Å². The van der Waals surface area contributed by atoms with Crippen LogP contribution in [0, 0.1) is 11.3 Å². The van der Waals surface area contributed by atoms with Crippen LogP contribution in [0.25, 0.3) is 0 Å². The third-order valence-corrected chi connectivity index (χ3v) is 0.570. The third kappa shape index (κ3) is 11.8. The van der Waals surface area contributed by atoms with E-state index in [1.165, 1.54) is 0 Å². The van der Waals surface area contributed by atoms with Gasteiger partial charge in [0.1, 0.15) is 6.61 Å². The standard InChI is InChI=1S/C6H11NO.Na.H/c1-6(2,3)8-5-4-7;;/h5H2,1-3H3;;/q;+1;-1. The minimum absolute atomic E-state index is 0. The monoisotopic (exact) mass is 137 g/mol. The van der Waals surface area contributed by atoms with Crippen LogP contribution >= 0.6 is 0 Å². The molecular weight excluding hydrogens is 125 g/mol. The van der Waals surface area contributed by atoms with Crippen LogP contribution in [0.4, 0.5) is 0 Å². The first-order valence-electron chi connectivity index (χ1n) is 2.57. The van der Waals surface area contributed by atoms with E-state index in [0.29, 0.717) is 0 Å². The molecule has 0 amide bonds. The molecule has 0 aromatic carbocycles. The van der Waals surface area contributed by atoms with E-state index in [4.69, 9.17) is 10.00 Å². The van der Waals surface area contributed by atoms with Crippen molar-refractivity contribution in [2.75, 3.05) is 6.61 Å².